The van der Waals surface area contributed by atoms with Crippen LogP contribution in [0.1, 0.15) is 12.8 Å². The standard InChI is InChI=1S/C5H10OS/c1-7(6)4-5-2-3-5/h5-6H,1-4H2. The van der Waals surface area contributed by atoms with Crippen LogP contribution in [0.15, 0.2) is 0 Å². The molecule has 0 bridgehead atoms. The predicted molar refractivity (Wildman–Crippen MR) is 34.9 cm³/mol. The van der Waals surface area contributed by atoms with Crippen LogP contribution >= 0.6 is 10.8 Å². The maximum absolute atomic E-state index is 8.68. The van der Waals surface area contributed by atoms with Crippen LogP contribution in [0.5, 0.6) is 0 Å². The van der Waals surface area contributed by atoms with Gasteiger partial charge in [0.05, 0.1) is 0 Å². The SMILES string of the molecule is C=S(O)CC1CC1. The van der Waals surface area contributed by atoms with Gasteiger partial charge in [-0.1, -0.05) is 16.6 Å². The minimum absolute atomic E-state index is 0.533. The molecule has 0 spiro atoms. The average molecular weight is 118 g/mol. The first-order valence-electron chi connectivity index (χ1n) is 2.48. The van der Waals surface area contributed by atoms with E-state index in [0.29, 0.717) is 0 Å². The molecule has 42 valence electrons. The van der Waals surface area contributed by atoms with Crippen molar-refractivity contribution in [1.82, 2.24) is 0 Å². The molecule has 0 aromatic heterocycles. The van der Waals surface area contributed by atoms with E-state index < -0.39 is 10.8 Å². The molecular weight excluding hydrogens is 108 g/mol. The third-order valence-corrected chi connectivity index (χ3v) is 1.98. The second kappa shape index (κ2) is 1.97. The summed E-state index contributed by atoms with van der Waals surface area (Å²) in [6, 6.07) is 0. The fourth-order valence-corrected chi connectivity index (χ4v) is 1.43. The summed E-state index contributed by atoms with van der Waals surface area (Å²) in [6.07, 6.45) is 2.64. The first-order valence-corrected chi connectivity index (χ1v) is 4.00. The highest BCUT2D eigenvalue weighted by Crippen LogP contribution is 2.32. The number of hydrogen-bond acceptors (Lipinski definition) is 1. The van der Waals surface area contributed by atoms with Crippen LogP contribution in [0.25, 0.3) is 0 Å². The Hall–Kier alpha value is 0.180. The van der Waals surface area contributed by atoms with Crippen LogP contribution in [-0.4, -0.2) is 16.2 Å². The Labute approximate surface area is 46.5 Å². The molecule has 1 N–H and O–H groups in total. The minimum Gasteiger partial charge on any atom is -0.338 e. The Morgan fingerprint density at radius 1 is 1.71 bits per heavy atom. The summed E-state index contributed by atoms with van der Waals surface area (Å²) in [5.41, 5.74) is 0. The van der Waals surface area contributed by atoms with Crippen LogP contribution in [0.3, 0.4) is 0 Å². The van der Waals surface area contributed by atoms with Gasteiger partial charge in [0.15, 0.2) is 0 Å². The highest BCUT2D eigenvalue weighted by molar-refractivity contribution is 8.09. The summed E-state index contributed by atoms with van der Waals surface area (Å²) in [4.78, 5) is 0. The van der Waals surface area contributed by atoms with Gasteiger partial charge in [0, 0.05) is 5.75 Å². The maximum Gasteiger partial charge on any atom is 0.0145 e. The third-order valence-electron chi connectivity index (χ3n) is 1.13. The van der Waals surface area contributed by atoms with E-state index in [9.17, 15) is 0 Å². The van der Waals surface area contributed by atoms with E-state index in [2.05, 4.69) is 5.87 Å². The molecule has 1 atom stereocenters. The zero-order valence-electron chi connectivity index (χ0n) is 4.26. The van der Waals surface area contributed by atoms with Crippen molar-refractivity contribution in [2.75, 3.05) is 5.75 Å². The zero-order valence-corrected chi connectivity index (χ0v) is 5.08. The van der Waals surface area contributed by atoms with Crippen LogP contribution < -0.4 is 0 Å². The molecule has 2 heteroatoms. The quantitative estimate of drug-likeness (QED) is 0.546. The smallest absolute Gasteiger partial charge is 0.0145 e. The lowest BCUT2D eigenvalue weighted by Crippen LogP contribution is -1.79. The Kier molecular flexibility index (Phi) is 1.50. The van der Waals surface area contributed by atoms with E-state index in [0.717, 1.165) is 11.7 Å². The van der Waals surface area contributed by atoms with Crippen molar-refractivity contribution >= 4 is 16.6 Å². The molecule has 0 amide bonds. The molecule has 1 aliphatic carbocycles. The van der Waals surface area contributed by atoms with Gasteiger partial charge in [0.2, 0.25) is 0 Å². The van der Waals surface area contributed by atoms with Crippen LogP contribution in [0, 0.1) is 5.92 Å². The van der Waals surface area contributed by atoms with E-state index in [-0.39, 0.29) is 0 Å². The monoisotopic (exact) mass is 118 g/mol. The first-order chi connectivity index (χ1) is 3.29. The van der Waals surface area contributed by atoms with Crippen molar-refractivity contribution in [3.05, 3.63) is 0 Å². The second-order valence-electron chi connectivity index (χ2n) is 2.07. The summed E-state index contributed by atoms with van der Waals surface area (Å²) >= 11 is 0. The fraction of sp³-hybridized carbons (Fsp3) is 0.800. The first kappa shape index (κ1) is 5.32. The summed E-state index contributed by atoms with van der Waals surface area (Å²) in [7, 11) is -0.533. The van der Waals surface area contributed by atoms with E-state index in [4.69, 9.17) is 4.55 Å². The Bertz CT molecular complexity index is 86.1. The molecule has 0 radical (unpaired) electrons. The molecule has 0 aliphatic heterocycles. The Morgan fingerprint density at radius 2 is 2.29 bits per heavy atom. The van der Waals surface area contributed by atoms with Crippen molar-refractivity contribution in [3.63, 3.8) is 0 Å². The summed E-state index contributed by atoms with van der Waals surface area (Å²) < 4.78 is 8.68. The molecule has 1 rings (SSSR count). The molecule has 1 nitrogen and oxygen atoms in total. The minimum atomic E-state index is -0.533. The molecule has 1 unspecified atom stereocenters. The summed E-state index contributed by atoms with van der Waals surface area (Å²) in [5, 5.41) is 0. The molecule has 1 fully saturated rings. The van der Waals surface area contributed by atoms with Crippen LogP contribution in [0.4, 0.5) is 0 Å². The van der Waals surface area contributed by atoms with Gasteiger partial charge in [-0.3, -0.25) is 0 Å². The average Bonchev–Trinajstić information content (AvgIpc) is 2.17. The predicted octanol–water partition coefficient (Wildman–Crippen LogP) is 1.57. The second-order valence-corrected chi connectivity index (χ2v) is 3.33. The van der Waals surface area contributed by atoms with E-state index >= 15 is 0 Å². The normalized spacial score (nSPS) is 24.7. The fourth-order valence-electron chi connectivity index (χ4n) is 0.557. The molecule has 0 heterocycles. The molecule has 0 aromatic rings. The van der Waals surface area contributed by atoms with Crippen molar-refractivity contribution in [3.8, 4) is 0 Å². The maximum atomic E-state index is 8.68. The molecule has 0 saturated heterocycles. The molecule has 1 saturated carbocycles. The van der Waals surface area contributed by atoms with Gasteiger partial charge in [0.25, 0.3) is 0 Å². The summed E-state index contributed by atoms with van der Waals surface area (Å²) in [6.45, 7) is 0. The van der Waals surface area contributed by atoms with Gasteiger partial charge in [-0.25, -0.2) is 0 Å². The molecule has 7 heavy (non-hydrogen) atoms. The van der Waals surface area contributed by atoms with Crippen molar-refractivity contribution in [2.45, 2.75) is 12.8 Å². The third kappa shape index (κ3) is 2.09. The van der Waals surface area contributed by atoms with Crippen molar-refractivity contribution in [2.24, 2.45) is 5.92 Å². The van der Waals surface area contributed by atoms with E-state index in [1.165, 1.54) is 12.8 Å². The van der Waals surface area contributed by atoms with Crippen molar-refractivity contribution < 1.29 is 4.55 Å². The van der Waals surface area contributed by atoms with Gasteiger partial charge in [-0.2, -0.15) is 0 Å². The van der Waals surface area contributed by atoms with Crippen LogP contribution in [-0.2, 0) is 0 Å². The van der Waals surface area contributed by atoms with Gasteiger partial charge in [0.1, 0.15) is 0 Å². The topological polar surface area (TPSA) is 20.2 Å². The number of hydrogen-bond donors (Lipinski definition) is 1. The Balaban J connectivity index is 2.08. The Morgan fingerprint density at radius 3 is 2.43 bits per heavy atom. The summed E-state index contributed by atoms with van der Waals surface area (Å²) in [5.74, 6) is 5.27. The molecule has 0 aromatic carbocycles. The van der Waals surface area contributed by atoms with E-state index in [1.54, 1.807) is 0 Å². The molecular formula is C5H10OS. The zero-order chi connectivity index (χ0) is 5.28. The number of rotatable bonds is 2. The van der Waals surface area contributed by atoms with Gasteiger partial charge < -0.3 is 4.55 Å². The van der Waals surface area contributed by atoms with Gasteiger partial charge >= 0.3 is 0 Å². The van der Waals surface area contributed by atoms with E-state index in [1.807, 2.05) is 0 Å². The van der Waals surface area contributed by atoms with Gasteiger partial charge in [-0.15, -0.1) is 0 Å². The molecule has 1 aliphatic rings. The lowest BCUT2D eigenvalue weighted by atomic mass is 10.5. The van der Waals surface area contributed by atoms with Crippen LogP contribution in [0.2, 0.25) is 0 Å². The lowest BCUT2D eigenvalue weighted by Gasteiger charge is -1.91. The van der Waals surface area contributed by atoms with Crippen molar-refractivity contribution in [1.29, 1.82) is 0 Å². The largest absolute Gasteiger partial charge is 0.338 e. The highest BCUT2D eigenvalue weighted by atomic mass is 32.2. The highest BCUT2D eigenvalue weighted by Gasteiger charge is 2.20. The lowest BCUT2D eigenvalue weighted by molar-refractivity contribution is 0.656. The van der Waals surface area contributed by atoms with Gasteiger partial charge in [-0.05, 0) is 18.8 Å².